The molecule has 0 radical (unpaired) electrons. The van der Waals surface area contributed by atoms with E-state index < -0.39 is 48.2 Å². The van der Waals surface area contributed by atoms with Crippen LogP contribution in [0.4, 0.5) is 4.79 Å². The standard InChI is InChI=1S/C23H36N4O6/c1-7-11-16(25-22(32)33-23(2,3)4)19(29)20(30)24-14-17(28)26-18(21(31)27(5)6)15-12-9-8-10-13-15/h8-10,12-13,16,18-19,29H,7,11,14H2,1-6H3,(H,24,30)(H,25,32)(H,26,28)/t16?,18-,19?/m0/s1. The molecular weight excluding hydrogens is 428 g/mol. The van der Waals surface area contributed by atoms with E-state index in [1.807, 2.05) is 6.92 Å². The van der Waals surface area contributed by atoms with E-state index in [2.05, 4.69) is 16.0 Å². The van der Waals surface area contributed by atoms with Gasteiger partial charge in [0.2, 0.25) is 11.8 Å². The predicted molar refractivity (Wildman–Crippen MR) is 123 cm³/mol. The fourth-order valence-corrected chi connectivity index (χ4v) is 2.94. The summed E-state index contributed by atoms with van der Waals surface area (Å²) in [6, 6.07) is 6.92. The van der Waals surface area contributed by atoms with E-state index in [4.69, 9.17) is 4.74 Å². The van der Waals surface area contributed by atoms with Crippen LogP contribution < -0.4 is 16.0 Å². The van der Waals surface area contributed by atoms with Crippen molar-refractivity contribution in [3.8, 4) is 0 Å². The summed E-state index contributed by atoms with van der Waals surface area (Å²) < 4.78 is 5.18. The van der Waals surface area contributed by atoms with Crippen molar-refractivity contribution < 1.29 is 29.0 Å². The van der Waals surface area contributed by atoms with Gasteiger partial charge in [0, 0.05) is 14.1 Å². The molecule has 3 atom stereocenters. The van der Waals surface area contributed by atoms with Crippen molar-refractivity contribution in [3.63, 3.8) is 0 Å². The first-order valence-electron chi connectivity index (χ1n) is 10.9. The van der Waals surface area contributed by atoms with Crippen molar-refractivity contribution in [1.29, 1.82) is 0 Å². The fraction of sp³-hybridized carbons (Fsp3) is 0.565. The zero-order chi connectivity index (χ0) is 25.2. The number of ether oxygens (including phenoxy) is 1. The van der Waals surface area contributed by atoms with Gasteiger partial charge in [0.05, 0.1) is 12.6 Å². The molecule has 1 rings (SSSR count). The first-order valence-corrected chi connectivity index (χ1v) is 10.9. The Labute approximate surface area is 195 Å². The van der Waals surface area contributed by atoms with Crippen LogP contribution in [0.2, 0.25) is 0 Å². The van der Waals surface area contributed by atoms with Gasteiger partial charge in [-0.05, 0) is 32.8 Å². The summed E-state index contributed by atoms with van der Waals surface area (Å²) in [7, 11) is 3.15. The number of rotatable bonds is 10. The summed E-state index contributed by atoms with van der Waals surface area (Å²) in [4.78, 5) is 50.8. The Morgan fingerprint density at radius 2 is 1.67 bits per heavy atom. The molecule has 4 amide bonds. The second-order valence-corrected chi connectivity index (χ2v) is 8.85. The third kappa shape index (κ3) is 9.90. The van der Waals surface area contributed by atoms with Crippen LogP contribution in [0.3, 0.4) is 0 Å². The number of nitrogens with one attached hydrogen (secondary N) is 3. The molecule has 10 heteroatoms. The molecule has 4 N–H and O–H groups in total. The molecule has 1 aromatic rings. The molecule has 1 aromatic carbocycles. The summed E-state index contributed by atoms with van der Waals surface area (Å²) >= 11 is 0. The lowest BCUT2D eigenvalue weighted by atomic mass is 10.1. The minimum atomic E-state index is -1.58. The van der Waals surface area contributed by atoms with Crippen molar-refractivity contribution in [3.05, 3.63) is 35.9 Å². The third-order valence-corrected chi connectivity index (χ3v) is 4.50. The van der Waals surface area contributed by atoms with Gasteiger partial charge in [-0.3, -0.25) is 14.4 Å². The Kier molecular flexibility index (Phi) is 10.8. The lowest BCUT2D eigenvalue weighted by Crippen LogP contribution is -2.53. The molecule has 33 heavy (non-hydrogen) atoms. The molecule has 0 saturated carbocycles. The van der Waals surface area contributed by atoms with Crippen molar-refractivity contribution >= 4 is 23.8 Å². The van der Waals surface area contributed by atoms with Gasteiger partial charge < -0.3 is 30.7 Å². The van der Waals surface area contributed by atoms with E-state index in [-0.39, 0.29) is 5.91 Å². The lowest BCUT2D eigenvalue weighted by Gasteiger charge is -2.26. The zero-order valence-corrected chi connectivity index (χ0v) is 20.2. The molecular formula is C23H36N4O6. The number of benzene rings is 1. The number of aliphatic hydroxyl groups excluding tert-OH is 1. The van der Waals surface area contributed by atoms with Gasteiger partial charge in [-0.1, -0.05) is 43.7 Å². The Morgan fingerprint density at radius 3 is 2.18 bits per heavy atom. The Bertz CT molecular complexity index is 807. The number of aliphatic hydroxyl groups is 1. The molecule has 184 valence electrons. The summed E-state index contributed by atoms with van der Waals surface area (Å²) in [5.41, 5.74) is -0.133. The van der Waals surface area contributed by atoms with Crippen LogP contribution in [0, 0.1) is 0 Å². The summed E-state index contributed by atoms with van der Waals surface area (Å²) in [6.07, 6.45) is -1.42. The Hall–Kier alpha value is -3.14. The van der Waals surface area contributed by atoms with E-state index in [1.165, 1.54) is 4.90 Å². The number of hydrogen-bond donors (Lipinski definition) is 4. The van der Waals surface area contributed by atoms with Crippen molar-refractivity contribution in [2.75, 3.05) is 20.6 Å². The smallest absolute Gasteiger partial charge is 0.407 e. The number of likely N-dealkylation sites (N-methyl/N-ethyl adjacent to an activating group) is 1. The van der Waals surface area contributed by atoms with E-state index in [1.54, 1.807) is 65.2 Å². The molecule has 0 saturated heterocycles. The first-order chi connectivity index (χ1) is 15.4. The molecule has 0 aliphatic carbocycles. The highest BCUT2D eigenvalue weighted by atomic mass is 16.6. The monoisotopic (exact) mass is 464 g/mol. The van der Waals surface area contributed by atoms with Crippen molar-refractivity contribution in [1.82, 2.24) is 20.9 Å². The molecule has 0 aliphatic heterocycles. The van der Waals surface area contributed by atoms with Crippen LogP contribution in [-0.2, 0) is 19.1 Å². The maximum Gasteiger partial charge on any atom is 0.407 e. The molecule has 0 fully saturated rings. The predicted octanol–water partition coefficient (Wildman–Crippen LogP) is 1.10. The van der Waals surface area contributed by atoms with E-state index in [0.29, 0.717) is 18.4 Å². The topological polar surface area (TPSA) is 137 Å². The molecule has 2 unspecified atom stereocenters. The van der Waals surface area contributed by atoms with Crippen LogP contribution >= 0.6 is 0 Å². The first kappa shape index (κ1) is 27.9. The van der Waals surface area contributed by atoms with Crippen LogP contribution in [0.5, 0.6) is 0 Å². The normalized spacial score (nSPS) is 13.8. The number of nitrogens with zero attached hydrogens (tertiary/aromatic N) is 1. The number of carbonyl (C=O) groups excluding carboxylic acids is 4. The fourth-order valence-electron chi connectivity index (χ4n) is 2.94. The average Bonchev–Trinajstić information content (AvgIpc) is 2.73. The van der Waals surface area contributed by atoms with Crippen molar-refractivity contribution in [2.45, 2.75) is 64.3 Å². The average molecular weight is 465 g/mol. The number of carbonyl (C=O) groups is 4. The molecule has 0 aromatic heterocycles. The summed E-state index contributed by atoms with van der Waals surface area (Å²) in [5.74, 6) is -1.76. The Morgan fingerprint density at radius 1 is 1.06 bits per heavy atom. The quantitative estimate of drug-likeness (QED) is 0.409. The van der Waals surface area contributed by atoms with Crippen LogP contribution in [0.25, 0.3) is 0 Å². The zero-order valence-electron chi connectivity index (χ0n) is 20.2. The number of alkyl carbamates (subject to hydrolysis) is 1. The largest absolute Gasteiger partial charge is 0.444 e. The van der Waals surface area contributed by atoms with Crippen LogP contribution in [0.1, 0.15) is 52.1 Å². The second-order valence-electron chi connectivity index (χ2n) is 8.85. The van der Waals surface area contributed by atoms with Crippen molar-refractivity contribution in [2.24, 2.45) is 0 Å². The molecule has 0 aliphatic rings. The molecule has 10 nitrogen and oxygen atoms in total. The van der Waals surface area contributed by atoms with Crippen LogP contribution in [-0.4, -0.2) is 72.2 Å². The highest BCUT2D eigenvalue weighted by molar-refractivity contribution is 5.91. The van der Waals surface area contributed by atoms with Gasteiger partial charge in [0.1, 0.15) is 11.6 Å². The van der Waals surface area contributed by atoms with E-state index in [0.717, 1.165) is 0 Å². The van der Waals surface area contributed by atoms with Gasteiger partial charge >= 0.3 is 6.09 Å². The van der Waals surface area contributed by atoms with E-state index in [9.17, 15) is 24.3 Å². The SMILES string of the molecule is CCCC(NC(=O)OC(C)(C)C)C(O)C(=O)NCC(=O)N[C@H](C(=O)N(C)C)c1ccccc1. The molecule has 0 heterocycles. The highest BCUT2D eigenvalue weighted by Gasteiger charge is 2.30. The lowest BCUT2D eigenvalue weighted by molar-refractivity contribution is -0.135. The number of amides is 4. The maximum atomic E-state index is 12.5. The third-order valence-electron chi connectivity index (χ3n) is 4.50. The van der Waals surface area contributed by atoms with Gasteiger partial charge in [0.15, 0.2) is 6.10 Å². The second kappa shape index (κ2) is 12.8. The minimum Gasteiger partial charge on any atom is -0.444 e. The molecule has 0 spiro atoms. The maximum absolute atomic E-state index is 12.5. The van der Waals surface area contributed by atoms with Crippen LogP contribution in [0.15, 0.2) is 30.3 Å². The van der Waals surface area contributed by atoms with Gasteiger partial charge in [0.25, 0.3) is 5.91 Å². The van der Waals surface area contributed by atoms with Gasteiger partial charge in [-0.2, -0.15) is 0 Å². The summed E-state index contributed by atoms with van der Waals surface area (Å²) in [5, 5.41) is 17.9. The van der Waals surface area contributed by atoms with Gasteiger partial charge in [-0.25, -0.2) is 4.79 Å². The Balaban J connectivity index is 2.74. The number of hydrogen-bond acceptors (Lipinski definition) is 6. The van der Waals surface area contributed by atoms with Gasteiger partial charge in [-0.15, -0.1) is 0 Å². The summed E-state index contributed by atoms with van der Waals surface area (Å²) in [6.45, 7) is 6.49. The minimum absolute atomic E-state index is 0.327. The highest BCUT2D eigenvalue weighted by Crippen LogP contribution is 2.14. The molecule has 0 bridgehead atoms. The van der Waals surface area contributed by atoms with E-state index >= 15 is 0 Å².